The lowest BCUT2D eigenvalue weighted by molar-refractivity contribution is 0.186. The Bertz CT molecular complexity index is 697. The second-order valence-corrected chi connectivity index (χ2v) is 4.21. The van der Waals surface area contributed by atoms with Crippen molar-refractivity contribution >= 4 is 11.2 Å². The van der Waals surface area contributed by atoms with Crippen molar-refractivity contribution in [2.75, 3.05) is 20.3 Å². The maximum Gasteiger partial charge on any atom is 0.332 e. The van der Waals surface area contributed by atoms with Crippen molar-refractivity contribution in [3.8, 4) is 0 Å². The zero-order chi connectivity index (χ0) is 14.0. The SMILES string of the molecule is COCCn1c(=O)n(C)c(=O)c2[nH]c(CCN)nc21. The van der Waals surface area contributed by atoms with Gasteiger partial charge in [0.2, 0.25) is 0 Å². The fraction of sp³-hybridized carbons (Fsp3) is 0.545. The molecule has 0 fully saturated rings. The largest absolute Gasteiger partial charge is 0.383 e. The van der Waals surface area contributed by atoms with Gasteiger partial charge in [0.05, 0.1) is 13.2 Å². The Balaban J connectivity index is 2.70. The summed E-state index contributed by atoms with van der Waals surface area (Å²) < 4.78 is 7.45. The molecule has 0 aliphatic rings. The molecule has 2 aromatic rings. The lowest BCUT2D eigenvalue weighted by atomic mass is 10.4. The van der Waals surface area contributed by atoms with Crippen LogP contribution in [0, 0.1) is 0 Å². The Morgan fingerprint density at radius 3 is 2.79 bits per heavy atom. The van der Waals surface area contributed by atoms with Crippen LogP contribution < -0.4 is 17.0 Å². The predicted molar refractivity (Wildman–Crippen MR) is 70.2 cm³/mol. The minimum absolute atomic E-state index is 0.321. The molecule has 0 amide bonds. The molecule has 0 atom stereocenters. The lowest BCUT2D eigenvalue weighted by Crippen LogP contribution is -2.38. The molecule has 0 spiro atoms. The summed E-state index contributed by atoms with van der Waals surface area (Å²) in [6.45, 7) is 1.13. The highest BCUT2D eigenvalue weighted by atomic mass is 16.5. The van der Waals surface area contributed by atoms with Crippen LogP contribution in [0.5, 0.6) is 0 Å². The van der Waals surface area contributed by atoms with Gasteiger partial charge in [-0.15, -0.1) is 0 Å². The number of imidazole rings is 1. The first kappa shape index (κ1) is 13.5. The van der Waals surface area contributed by atoms with Gasteiger partial charge in [0.25, 0.3) is 5.56 Å². The van der Waals surface area contributed by atoms with Crippen LogP contribution >= 0.6 is 0 Å². The van der Waals surface area contributed by atoms with E-state index in [-0.39, 0.29) is 5.56 Å². The summed E-state index contributed by atoms with van der Waals surface area (Å²) in [4.78, 5) is 31.3. The van der Waals surface area contributed by atoms with E-state index < -0.39 is 5.69 Å². The Labute approximate surface area is 108 Å². The van der Waals surface area contributed by atoms with Gasteiger partial charge in [-0.05, 0) is 6.54 Å². The number of methoxy groups -OCH3 is 1. The zero-order valence-corrected chi connectivity index (χ0v) is 11.0. The molecule has 0 saturated carbocycles. The number of aromatic nitrogens is 4. The summed E-state index contributed by atoms with van der Waals surface area (Å²) in [6.07, 6.45) is 0.524. The van der Waals surface area contributed by atoms with E-state index in [1.165, 1.54) is 11.6 Å². The highest BCUT2D eigenvalue weighted by Gasteiger charge is 2.14. The Morgan fingerprint density at radius 1 is 1.42 bits per heavy atom. The van der Waals surface area contributed by atoms with Gasteiger partial charge in [-0.2, -0.15) is 0 Å². The number of fused-ring (bicyclic) bond motifs is 1. The first-order valence-electron chi connectivity index (χ1n) is 5.97. The number of H-pyrrole nitrogens is 1. The molecule has 0 bridgehead atoms. The molecule has 19 heavy (non-hydrogen) atoms. The van der Waals surface area contributed by atoms with E-state index in [2.05, 4.69) is 9.97 Å². The first-order valence-corrected chi connectivity index (χ1v) is 5.97. The molecule has 8 heteroatoms. The third kappa shape index (κ3) is 2.32. The van der Waals surface area contributed by atoms with E-state index in [4.69, 9.17) is 10.5 Å². The van der Waals surface area contributed by atoms with E-state index >= 15 is 0 Å². The Morgan fingerprint density at radius 2 is 2.16 bits per heavy atom. The minimum Gasteiger partial charge on any atom is -0.383 e. The summed E-state index contributed by atoms with van der Waals surface area (Å²) >= 11 is 0. The molecular weight excluding hydrogens is 250 g/mol. The van der Waals surface area contributed by atoms with Crippen LogP contribution in [0.2, 0.25) is 0 Å². The summed E-state index contributed by atoms with van der Waals surface area (Å²) in [5, 5.41) is 0. The molecule has 3 N–H and O–H groups in total. The van der Waals surface area contributed by atoms with Crippen LogP contribution in [-0.4, -0.2) is 39.4 Å². The summed E-state index contributed by atoms with van der Waals surface area (Å²) in [7, 11) is 2.99. The number of nitrogens with one attached hydrogen (secondary N) is 1. The second kappa shape index (κ2) is 5.37. The average molecular weight is 267 g/mol. The monoisotopic (exact) mass is 267 g/mol. The average Bonchev–Trinajstić information content (AvgIpc) is 2.80. The first-order chi connectivity index (χ1) is 9.10. The molecule has 104 valence electrons. The zero-order valence-electron chi connectivity index (χ0n) is 11.0. The van der Waals surface area contributed by atoms with E-state index in [9.17, 15) is 9.59 Å². The van der Waals surface area contributed by atoms with Gasteiger partial charge >= 0.3 is 5.69 Å². The highest BCUT2D eigenvalue weighted by Crippen LogP contribution is 2.05. The fourth-order valence-corrected chi connectivity index (χ4v) is 1.92. The van der Waals surface area contributed by atoms with Crippen molar-refractivity contribution in [2.24, 2.45) is 12.8 Å². The number of hydrogen-bond donors (Lipinski definition) is 2. The minimum atomic E-state index is -0.402. The van der Waals surface area contributed by atoms with Crippen LogP contribution in [0.25, 0.3) is 11.2 Å². The van der Waals surface area contributed by atoms with Crippen LogP contribution in [0.1, 0.15) is 5.82 Å². The van der Waals surface area contributed by atoms with E-state index in [0.29, 0.717) is 43.1 Å². The Hall–Kier alpha value is -1.93. The van der Waals surface area contributed by atoms with Crippen molar-refractivity contribution in [3.05, 3.63) is 26.7 Å². The van der Waals surface area contributed by atoms with Gasteiger partial charge < -0.3 is 15.5 Å². The molecule has 8 nitrogen and oxygen atoms in total. The number of nitrogens with zero attached hydrogens (tertiary/aromatic N) is 3. The summed E-state index contributed by atoms with van der Waals surface area (Å²) in [6, 6.07) is 0. The van der Waals surface area contributed by atoms with Crippen molar-refractivity contribution in [1.29, 1.82) is 0 Å². The lowest BCUT2D eigenvalue weighted by Gasteiger charge is -2.07. The van der Waals surface area contributed by atoms with Crippen molar-refractivity contribution in [3.63, 3.8) is 0 Å². The van der Waals surface area contributed by atoms with E-state index in [0.717, 1.165) is 4.57 Å². The number of hydrogen-bond acceptors (Lipinski definition) is 5. The molecule has 2 heterocycles. The quantitative estimate of drug-likeness (QED) is 0.690. The third-order valence-electron chi connectivity index (χ3n) is 2.93. The van der Waals surface area contributed by atoms with Gasteiger partial charge in [-0.25, -0.2) is 9.78 Å². The fourth-order valence-electron chi connectivity index (χ4n) is 1.92. The van der Waals surface area contributed by atoms with Crippen LogP contribution in [0.15, 0.2) is 9.59 Å². The van der Waals surface area contributed by atoms with Gasteiger partial charge in [0.15, 0.2) is 5.65 Å². The third-order valence-corrected chi connectivity index (χ3v) is 2.93. The van der Waals surface area contributed by atoms with Crippen LogP contribution in [-0.2, 0) is 24.8 Å². The summed E-state index contributed by atoms with van der Waals surface area (Å²) in [5.41, 5.74) is 5.36. The smallest absolute Gasteiger partial charge is 0.332 e. The topological polar surface area (TPSA) is 108 Å². The molecule has 2 rings (SSSR count). The van der Waals surface area contributed by atoms with Crippen LogP contribution in [0.3, 0.4) is 0 Å². The van der Waals surface area contributed by atoms with Crippen molar-refractivity contribution in [2.45, 2.75) is 13.0 Å². The van der Waals surface area contributed by atoms with Crippen LogP contribution in [0.4, 0.5) is 0 Å². The predicted octanol–water partition coefficient (Wildman–Crippen LogP) is -1.43. The second-order valence-electron chi connectivity index (χ2n) is 4.21. The number of rotatable bonds is 5. The number of ether oxygens (including phenoxy) is 1. The molecular formula is C11H17N5O3. The van der Waals surface area contributed by atoms with Gasteiger partial charge in [-0.3, -0.25) is 13.9 Å². The molecule has 2 aromatic heterocycles. The molecule has 0 aliphatic carbocycles. The molecule has 0 saturated heterocycles. The van der Waals surface area contributed by atoms with Crippen molar-refractivity contribution < 1.29 is 4.74 Å². The maximum atomic E-state index is 12.1. The standard InChI is InChI=1S/C11H17N5O3/c1-15-10(17)8-9(14-7(13-8)3-4-12)16(11(15)18)5-6-19-2/h3-6,12H2,1-2H3,(H,13,14). The van der Waals surface area contributed by atoms with E-state index in [1.807, 2.05) is 0 Å². The molecule has 0 aromatic carbocycles. The summed E-state index contributed by atoms with van der Waals surface area (Å²) in [5.74, 6) is 0.603. The van der Waals surface area contributed by atoms with Gasteiger partial charge in [0, 0.05) is 20.6 Å². The number of nitrogens with two attached hydrogens (primary N) is 1. The Kier molecular flexibility index (Phi) is 3.82. The number of aromatic amines is 1. The highest BCUT2D eigenvalue weighted by molar-refractivity contribution is 5.69. The molecule has 0 radical (unpaired) electrons. The molecule has 0 aliphatic heterocycles. The van der Waals surface area contributed by atoms with Gasteiger partial charge in [0.1, 0.15) is 11.3 Å². The van der Waals surface area contributed by atoms with Crippen molar-refractivity contribution in [1.82, 2.24) is 19.1 Å². The maximum absolute atomic E-state index is 12.1. The van der Waals surface area contributed by atoms with Gasteiger partial charge in [-0.1, -0.05) is 0 Å². The van der Waals surface area contributed by atoms with E-state index in [1.54, 1.807) is 7.11 Å². The molecule has 0 unspecified atom stereocenters. The normalized spacial score (nSPS) is 11.3.